The second kappa shape index (κ2) is 7.42. The van der Waals surface area contributed by atoms with Crippen LogP contribution in [0.15, 0.2) is 30.3 Å². The minimum atomic E-state index is -0.741. The summed E-state index contributed by atoms with van der Waals surface area (Å²) in [4.78, 5) is 0. The van der Waals surface area contributed by atoms with Crippen molar-refractivity contribution in [3.05, 3.63) is 30.3 Å². The molecule has 0 amide bonds. The van der Waals surface area contributed by atoms with E-state index in [1.807, 2.05) is 30.3 Å². The van der Waals surface area contributed by atoms with Crippen molar-refractivity contribution in [1.29, 1.82) is 0 Å². The Balaban J connectivity index is 0. The lowest BCUT2D eigenvalue weighted by molar-refractivity contribution is 0.0304. The SMILES string of the molecule is CC(C)(O)COBc1ccccc1.O.O. The Bertz CT molecular complexity index is 245. The highest BCUT2D eigenvalue weighted by Gasteiger charge is 2.12. The molecule has 1 aromatic carbocycles. The largest absolute Gasteiger partial charge is 0.431 e. The Hall–Kier alpha value is -0.875. The Kier molecular flexibility index (Phi) is 8.19. The van der Waals surface area contributed by atoms with Gasteiger partial charge in [-0.2, -0.15) is 0 Å². The number of hydrogen-bond acceptors (Lipinski definition) is 2. The fraction of sp³-hybridized carbons (Fsp3) is 0.400. The third-order valence-corrected chi connectivity index (χ3v) is 1.57. The molecule has 0 radical (unpaired) electrons. The topological polar surface area (TPSA) is 92.5 Å². The molecule has 0 spiro atoms. The van der Waals surface area contributed by atoms with Gasteiger partial charge in [-0.05, 0) is 13.8 Å². The molecule has 5 N–H and O–H groups in total. The molecule has 5 heteroatoms. The maximum atomic E-state index is 9.37. The van der Waals surface area contributed by atoms with E-state index in [1.165, 1.54) is 0 Å². The first-order chi connectivity index (χ1) is 6.08. The minimum Gasteiger partial charge on any atom is -0.431 e. The van der Waals surface area contributed by atoms with Crippen molar-refractivity contribution in [2.45, 2.75) is 19.4 Å². The van der Waals surface area contributed by atoms with Crippen molar-refractivity contribution in [2.75, 3.05) is 6.61 Å². The van der Waals surface area contributed by atoms with Crippen molar-refractivity contribution in [2.24, 2.45) is 0 Å². The molecule has 0 fully saturated rings. The summed E-state index contributed by atoms with van der Waals surface area (Å²) in [5.74, 6) is 0. The van der Waals surface area contributed by atoms with Crippen molar-refractivity contribution in [3.63, 3.8) is 0 Å². The molecule has 1 rings (SSSR count). The molecule has 86 valence electrons. The van der Waals surface area contributed by atoms with Crippen LogP contribution in [-0.4, -0.2) is 35.7 Å². The molecular weight excluding hydrogens is 195 g/mol. The predicted octanol–water partition coefficient (Wildman–Crippen LogP) is -1.20. The first-order valence-corrected chi connectivity index (χ1v) is 4.42. The van der Waals surface area contributed by atoms with Gasteiger partial charge in [-0.25, -0.2) is 0 Å². The van der Waals surface area contributed by atoms with E-state index >= 15 is 0 Å². The second-order valence-electron chi connectivity index (χ2n) is 3.79. The highest BCUT2D eigenvalue weighted by molar-refractivity contribution is 6.46. The number of aliphatic hydroxyl groups is 1. The summed E-state index contributed by atoms with van der Waals surface area (Å²) >= 11 is 0. The Morgan fingerprint density at radius 2 is 1.73 bits per heavy atom. The average Bonchev–Trinajstić information content (AvgIpc) is 2.04. The van der Waals surface area contributed by atoms with Crippen molar-refractivity contribution >= 4 is 12.9 Å². The van der Waals surface area contributed by atoms with E-state index in [4.69, 9.17) is 4.65 Å². The van der Waals surface area contributed by atoms with Gasteiger partial charge in [0.25, 0.3) is 0 Å². The molecule has 0 aliphatic carbocycles. The van der Waals surface area contributed by atoms with E-state index in [9.17, 15) is 5.11 Å². The molecule has 0 aromatic heterocycles. The Morgan fingerprint density at radius 3 is 2.20 bits per heavy atom. The van der Waals surface area contributed by atoms with E-state index in [0.29, 0.717) is 14.1 Å². The third-order valence-electron chi connectivity index (χ3n) is 1.57. The van der Waals surface area contributed by atoms with Crippen LogP contribution < -0.4 is 5.46 Å². The first-order valence-electron chi connectivity index (χ1n) is 4.42. The minimum absolute atomic E-state index is 0. The summed E-state index contributed by atoms with van der Waals surface area (Å²) < 4.78 is 5.33. The Labute approximate surface area is 90.8 Å². The fourth-order valence-electron chi connectivity index (χ4n) is 0.993. The molecule has 0 aliphatic rings. The molecule has 0 saturated heterocycles. The molecule has 0 heterocycles. The molecule has 0 aliphatic heterocycles. The summed E-state index contributed by atoms with van der Waals surface area (Å²) in [5.41, 5.74) is 0.390. The van der Waals surface area contributed by atoms with Crippen LogP contribution >= 0.6 is 0 Å². The summed E-state index contributed by atoms with van der Waals surface area (Å²) in [6, 6.07) is 9.93. The number of rotatable bonds is 4. The molecule has 0 bridgehead atoms. The molecule has 0 atom stereocenters. The van der Waals surface area contributed by atoms with Gasteiger partial charge in [0.2, 0.25) is 0 Å². The van der Waals surface area contributed by atoms with E-state index in [2.05, 4.69) is 0 Å². The smallest absolute Gasteiger partial charge is 0.308 e. The van der Waals surface area contributed by atoms with Gasteiger partial charge >= 0.3 is 7.48 Å². The zero-order chi connectivity index (χ0) is 9.73. The van der Waals surface area contributed by atoms with Gasteiger partial charge in [-0.15, -0.1) is 0 Å². The highest BCUT2D eigenvalue weighted by atomic mass is 16.4. The lowest BCUT2D eigenvalue weighted by Gasteiger charge is -2.16. The van der Waals surface area contributed by atoms with Crippen molar-refractivity contribution in [1.82, 2.24) is 0 Å². The molecule has 4 nitrogen and oxygen atoms in total. The zero-order valence-corrected chi connectivity index (χ0v) is 9.16. The number of hydrogen-bond donors (Lipinski definition) is 1. The van der Waals surface area contributed by atoms with E-state index in [0.717, 1.165) is 5.46 Å². The summed E-state index contributed by atoms with van der Waals surface area (Å²) in [6.07, 6.45) is 0. The normalized spacial score (nSPS) is 9.80. The fourth-order valence-corrected chi connectivity index (χ4v) is 0.993. The van der Waals surface area contributed by atoms with Crippen LogP contribution in [0.25, 0.3) is 0 Å². The second-order valence-corrected chi connectivity index (χ2v) is 3.79. The van der Waals surface area contributed by atoms with Gasteiger partial charge in [0, 0.05) is 0 Å². The van der Waals surface area contributed by atoms with Crippen LogP contribution in [0.4, 0.5) is 0 Å². The zero-order valence-electron chi connectivity index (χ0n) is 9.16. The monoisotopic (exact) mass is 214 g/mol. The lowest BCUT2D eigenvalue weighted by Crippen LogP contribution is -2.30. The maximum Gasteiger partial charge on any atom is 0.308 e. The van der Waals surface area contributed by atoms with Gasteiger partial charge in [0.15, 0.2) is 0 Å². The molecule has 0 saturated carbocycles. The van der Waals surface area contributed by atoms with Gasteiger partial charge < -0.3 is 20.7 Å². The summed E-state index contributed by atoms with van der Waals surface area (Å²) in [7, 11) is 0.560. The quantitative estimate of drug-likeness (QED) is 0.637. The third kappa shape index (κ3) is 8.14. The maximum absolute atomic E-state index is 9.37. The predicted molar refractivity (Wildman–Crippen MR) is 62.7 cm³/mol. The average molecular weight is 214 g/mol. The van der Waals surface area contributed by atoms with E-state index in [-0.39, 0.29) is 11.0 Å². The summed E-state index contributed by atoms with van der Waals surface area (Å²) in [5, 5.41) is 9.37. The lowest BCUT2D eigenvalue weighted by atomic mass is 9.88. The Morgan fingerprint density at radius 1 is 1.20 bits per heavy atom. The standard InChI is InChI=1S/C10H15BO2.2H2O/c1-10(2,12)8-13-11-9-6-4-3-5-7-9;;/h3-7,11-12H,8H2,1-2H3;2*1H2. The van der Waals surface area contributed by atoms with E-state index in [1.54, 1.807) is 13.8 Å². The van der Waals surface area contributed by atoms with Crippen LogP contribution in [-0.2, 0) is 4.65 Å². The first kappa shape index (κ1) is 16.6. The number of benzene rings is 1. The highest BCUT2D eigenvalue weighted by Crippen LogP contribution is 1.99. The van der Waals surface area contributed by atoms with Crippen molar-refractivity contribution in [3.8, 4) is 0 Å². The van der Waals surface area contributed by atoms with Crippen molar-refractivity contribution < 1.29 is 20.7 Å². The van der Waals surface area contributed by atoms with Gasteiger partial charge in [-0.3, -0.25) is 0 Å². The molecule has 1 aromatic rings. The molecule has 0 unspecified atom stereocenters. The van der Waals surface area contributed by atoms with E-state index < -0.39 is 5.60 Å². The van der Waals surface area contributed by atoms with Gasteiger partial charge in [-0.1, -0.05) is 35.8 Å². The molecular formula is C10H19BO4. The van der Waals surface area contributed by atoms with Crippen LogP contribution in [0.5, 0.6) is 0 Å². The molecule has 15 heavy (non-hydrogen) atoms. The van der Waals surface area contributed by atoms with Crippen LogP contribution in [0.3, 0.4) is 0 Å². The van der Waals surface area contributed by atoms with Crippen LogP contribution in [0, 0.1) is 0 Å². The van der Waals surface area contributed by atoms with Gasteiger partial charge in [0.05, 0.1) is 12.2 Å². The van der Waals surface area contributed by atoms with Gasteiger partial charge in [0.1, 0.15) is 0 Å². The van der Waals surface area contributed by atoms with Crippen LogP contribution in [0.1, 0.15) is 13.8 Å². The van der Waals surface area contributed by atoms with Crippen LogP contribution in [0.2, 0.25) is 0 Å². The summed E-state index contributed by atoms with van der Waals surface area (Å²) in [6.45, 7) is 3.83.